The van der Waals surface area contributed by atoms with E-state index in [-0.39, 0.29) is 36.5 Å². The molecule has 0 aliphatic rings. The van der Waals surface area contributed by atoms with E-state index in [2.05, 4.69) is 5.32 Å². The number of halogens is 2. The number of rotatable bonds is 6. The van der Waals surface area contributed by atoms with Gasteiger partial charge in [0.2, 0.25) is 11.8 Å². The summed E-state index contributed by atoms with van der Waals surface area (Å²) in [5.74, 6) is -2.29. The second kappa shape index (κ2) is 8.38. The van der Waals surface area contributed by atoms with Crippen LogP contribution in [-0.2, 0) is 9.59 Å². The lowest BCUT2D eigenvalue weighted by Gasteiger charge is -2.28. The Kier molecular flexibility index (Phi) is 7.05. The summed E-state index contributed by atoms with van der Waals surface area (Å²) in [5, 5.41) is 2.79. The number of carbonyl (C=O) groups is 2. The molecule has 0 aliphatic heterocycles. The number of likely N-dealkylation sites (N-methyl/N-ethyl adjacent to an activating group) is 2. The first-order valence-corrected chi connectivity index (χ1v) is 8.11. The van der Waals surface area contributed by atoms with Crippen molar-refractivity contribution >= 4 is 11.8 Å². The van der Waals surface area contributed by atoms with Crippen LogP contribution in [0.25, 0.3) is 0 Å². The van der Waals surface area contributed by atoms with Crippen molar-refractivity contribution in [3.8, 4) is 0 Å². The van der Waals surface area contributed by atoms with Crippen LogP contribution in [0.1, 0.15) is 39.3 Å². The third kappa shape index (κ3) is 6.78. The van der Waals surface area contributed by atoms with Crippen molar-refractivity contribution in [1.29, 1.82) is 0 Å². The van der Waals surface area contributed by atoms with Gasteiger partial charge in [-0.2, -0.15) is 0 Å². The Morgan fingerprint density at radius 1 is 1.12 bits per heavy atom. The van der Waals surface area contributed by atoms with Gasteiger partial charge in [-0.15, -0.1) is 0 Å². The molecule has 1 rings (SSSR count). The van der Waals surface area contributed by atoms with Gasteiger partial charge >= 0.3 is 0 Å². The minimum atomic E-state index is -0.917. The highest BCUT2D eigenvalue weighted by Crippen LogP contribution is 2.20. The number of hydrogen-bond acceptors (Lipinski definition) is 3. The van der Waals surface area contributed by atoms with Crippen molar-refractivity contribution < 1.29 is 18.4 Å². The van der Waals surface area contributed by atoms with E-state index in [4.69, 9.17) is 0 Å². The van der Waals surface area contributed by atoms with E-state index < -0.39 is 11.6 Å². The van der Waals surface area contributed by atoms with Gasteiger partial charge in [-0.25, -0.2) is 8.78 Å². The fourth-order valence-corrected chi connectivity index (χ4v) is 2.26. The predicted molar refractivity (Wildman–Crippen MR) is 92.9 cm³/mol. The normalized spacial score (nSPS) is 12.8. The van der Waals surface area contributed by atoms with Crippen LogP contribution in [0.4, 0.5) is 8.78 Å². The Balaban J connectivity index is 2.62. The summed E-state index contributed by atoms with van der Waals surface area (Å²) in [6.07, 6.45) is 0. The maximum absolute atomic E-state index is 13.4. The van der Waals surface area contributed by atoms with Gasteiger partial charge in [0, 0.05) is 18.6 Å². The Morgan fingerprint density at radius 2 is 1.72 bits per heavy atom. The molecule has 7 heteroatoms. The van der Waals surface area contributed by atoms with Crippen molar-refractivity contribution in [2.75, 3.05) is 27.2 Å². The highest BCUT2D eigenvalue weighted by atomic mass is 19.2. The molecule has 0 spiro atoms. The third-order valence-electron chi connectivity index (χ3n) is 3.79. The zero-order chi connectivity index (χ0) is 19.4. The van der Waals surface area contributed by atoms with Crippen LogP contribution in [0.15, 0.2) is 18.2 Å². The number of carbonyl (C=O) groups excluding carboxylic acids is 2. The molecule has 1 atom stereocenters. The van der Waals surface area contributed by atoms with Crippen LogP contribution in [0.2, 0.25) is 0 Å². The molecule has 1 N–H and O–H groups in total. The molecular formula is C18H27F2N3O2. The molecule has 2 amide bonds. The minimum Gasteiger partial charge on any atom is -0.350 e. The van der Waals surface area contributed by atoms with Gasteiger partial charge < -0.3 is 10.2 Å². The second-order valence-electron chi connectivity index (χ2n) is 7.31. The summed E-state index contributed by atoms with van der Waals surface area (Å²) in [4.78, 5) is 27.2. The molecule has 1 aromatic carbocycles. The zero-order valence-electron chi connectivity index (χ0n) is 15.7. The number of nitrogens with one attached hydrogen (secondary N) is 1. The number of nitrogens with zero attached hydrogens (tertiary/aromatic N) is 2. The van der Waals surface area contributed by atoms with E-state index in [1.807, 2.05) is 20.8 Å². The van der Waals surface area contributed by atoms with E-state index in [1.54, 1.807) is 25.9 Å². The van der Waals surface area contributed by atoms with E-state index >= 15 is 0 Å². The first kappa shape index (κ1) is 21.0. The Morgan fingerprint density at radius 3 is 2.24 bits per heavy atom. The highest BCUT2D eigenvalue weighted by molar-refractivity contribution is 5.85. The third-order valence-corrected chi connectivity index (χ3v) is 3.79. The van der Waals surface area contributed by atoms with Crippen molar-refractivity contribution in [3.05, 3.63) is 35.4 Å². The molecule has 5 nitrogen and oxygen atoms in total. The summed E-state index contributed by atoms with van der Waals surface area (Å²) in [5.41, 5.74) is 0.209. The first-order valence-electron chi connectivity index (χ1n) is 8.11. The second-order valence-corrected chi connectivity index (χ2v) is 7.31. The Hall–Kier alpha value is -2.02. The van der Waals surface area contributed by atoms with Gasteiger partial charge in [0.15, 0.2) is 11.6 Å². The predicted octanol–water partition coefficient (Wildman–Crippen LogP) is 2.33. The zero-order valence-corrected chi connectivity index (χ0v) is 15.7. The van der Waals surface area contributed by atoms with E-state index in [9.17, 15) is 18.4 Å². The van der Waals surface area contributed by atoms with E-state index in [0.29, 0.717) is 5.56 Å². The molecular weight excluding hydrogens is 328 g/mol. The highest BCUT2D eigenvalue weighted by Gasteiger charge is 2.21. The maximum Gasteiger partial charge on any atom is 0.240 e. The molecule has 0 heterocycles. The number of benzene rings is 1. The summed E-state index contributed by atoms with van der Waals surface area (Å²) in [7, 11) is 3.27. The fraction of sp³-hybridized carbons (Fsp3) is 0.556. The summed E-state index contributed by atoms with van der Waals surface area (Å²) >= 11 is 0. The van der Waals surface area contributed by atoms with E-state index in [0.717, 1.165) is 12.1 Å². The molecule has 0 aromatic heterocycles. The summed E-state index contributed by atoms with van der Waals surface area (Å²) in [6, 6.07) is 3.40. The average molecular weight is 355 g/mol. The molecule has 0 fully saturated rings. The molecule has 1 aromatic rings. The molecule has 140 valence electrons. The van der Waals surface area contributed by atoms with Crippen molar-refractivity contribution in [3.63, 3.8) is 0 Å². The van der Waals surface area contributed by atoms with Crippen LogP contribution in [0.5, 0.6) is 0 Å². The molecule has 0 aliphatic carbocycles. The molecule has 0 saturated heterocycles. The van der Waals surface area contributed by atoms with Crippen LogP contribution < -0.4 is 5.32 Å². The first-order chi connectivity index (χ1) is 11.4. The quantitative estimate of drug-likeness (QED) is 0.852. The smallest absolute Gasteiger partial charge is 0.240 e. The molecule has 0 saturated carbocycles. The van der Waals surface area contributed by atoms with Crippen molar-refractivity contribution in [2.24, 2.45) is 0 Å². The Labute approximate surface area is 148 Å². The summed E-state index contributed by atoms with van der Waals surface area (Å²) < 4.78 is 26.4. The molecule has 25 heavy (non-hydrogen) atoms. The standard InChI is InChI=1S/C18H27F2N3O2/c1-12(13-7-8-14(19)15(20)9-13)22(5)11-17(25)23(6)10-16(24)21-18(2,3)4/h7-9,12H,10-11H2,1-6H3,(H,21,24). The van der Waals surface area contributed by atoms with Gasteiger partial charge in [0.05, 0.1) is 13.1 Å². The lowest BCUT2D eigenvalue weighted by molar-refractivity contribution is -0.136. The SMILES string of the molecule is CC(c1ccc(F)c(F)c1)N(C)CC(=O)N(C)CC(=O)NC(C)(C)C. The van der Waals surface area contributed by atoms with Crippen LogP contribution >= 0.6 is 0 Å². The minimum absolute atomic E-state index is 0.0382. The van der Waals surface area contributed by atoms with Crippen LogP contribution in [0.3, 0.4) is 0 Å². The van der Waals surface area contributed by atoms with Gasteiger partial charge in [0.1, 0.15) is 0 Å². The van der Waals surface area contributed by atoms with Crippen molar-refractivity contribution in [1.82, 2.24) is 15.1 Å². The average Bonchev–Trinajstić information content (AvgIpc) is 2.47. The van der Waals surface area contributed by atoms with Crippen LogP contribution in [-0.4, -0.2) is 54.3 Å². The van der Waals surface area contributed by atoms with Gasteiger partial charge in [-0.3, -0.25) is 14.5 Å². The van der Waals surface area contributed by atoms with Gasteiger partial charge in [0.25, 0.3) is 0 Å². The summed E-state index contributed by atoms with van der Waals surface area (Å²) in [6.45, 7) is 7.41. The molecule has 1 unspecified atom stereocenters. The largest absolute Gasteiger partial charge is 0.350 e. The molecule has 0 bridgehead atoms. The monoisotopic (exact) mass is 355 g/mol. The van der Waals surface area contributed by atoms with Gasteiger partial charge in [-0.1, -0.05) is 6.07 Å². The Bertz CT molecular complexity index is 629. The number of hydrogen-bond donors (Lipinski definition) is 1. The lowest BCUT2D eigenvalue weighted by Crippen LogP contribution is -2.47. The van der Waals surface area contributed by atoms with Gasteiger partial charge in [-0.05, 0) is 52.4 Å². The number of amides is 2. The lowest BCUT2D eigenvalue weighted by atomic mass is 10.1. The maximum atomic E-state index is 13.4. The van der Waals surface area contributed by atoms with Crippen LogP contribution in [0, 0.1) is 11.6 Å². The van der Waals surface area contributed by atoms with E-state index in [1.165, 1.54) is 11.0 Å². The van der Waals surface area contributed by atoms with Crippen molar-refractivity contribution in [2.45, 2.75) is 39.3 Å². The molecule has 0 radical (unpaired) electrons. The fourth-order valence-electron chi connectivity index (χ4n) is 2.26. The topological polar surface area (TPSA) is 52.7 Å².